The Balaban J connectivity index is 0.000000299. The Bertz CT molecular complexity index is 1330. The van der Waals surface area contributed by atoms with Crippen molar-refractivity contribution in [2.24, 2.45) is 0 Å². The molecule has 0 unspecified atom stereocenters. The van der Waals surface area contributed by atoms with Gasteiger partial charge >= 0.3 is 0 Å². The monoisotopic (exact) mass is 605 g/mol. The second kappa shape index (κ2) is 9.35. The molecule has 2 heterocycles. The van der Waals surface area contributed by atoms with Gasteiger partial charge in [-0.3, -0.25) is 9.78 Å². The molecular weight excluding hydrogens is 583 g/mol. The van der Waals surface area contributed by atoms with Crippen LogP contribution < -0.4 is 0 Å². The summed E-state index contributed by atoms with van der Waals surface area (Å²) >= 11 is 1.84. The molecule has 0 fully saturated rings. The fourth-order valence-electron chi connectivity index (χ4n) is 3.81. The van der Waals surface area contributed by atoms with Crippen LogP contribution in [0, 0.1) is 19.9 Å². The number of pyridine rings is 1. The third kappa shape index (κ3) is 4.59. The van der Waals surface area contributed by atoms with E-state index in [2.05, 4.69) is 62.4 Å². The summed E-state index contributed by atoms with van der Waals surface area (Å²) < 4.78 is 0. The van der Waals surface area contributed by atoms with Gasteiger partial charge in [-0.05, 0) is 60.6 Å². The molecule has 1 radical (unpaired) electrons. The van der Waals surface area contributed by atoms with Crippen LogP contribution in [0.1, 0.15) is 25.0 Å². The number of benzene rings is 3. The molecule has 3 nitrogen and oxygen atoms in total. The summed E-state index contributed by atoms with van der Waals surface area (Å²) in [4.78, 5) is 17.3. The van der Waals surface area contributed by atoms with Gasteiger partial charge < -0.3 is 5.11 Å². The van der Waals surface area contributed by atoms with Gasteiger partial charge in [-0.2, -0.15) is 0 Å². The Morgan fingerprint density at radius 1 is 1.03 bits per heavy atom. The van der Waals surface area contributed by atoms with Crippen molar-refractivity contribution in [3.05, 3.63) is 77.7 Å². The molecule has 1 aromatic heterocycles. The number of allylic oxidation sites excluding steroid dienone is 2. The van der Waals surface area contributed by atoms with Crippen molar-refractivity contribution < 1.29 is 30.0 Å². The summed E-state index contributed by atoms with van der Waals surface area (Å²) in [7, 11) is 0. The van der Waals surface area contributed by atoms with Crippen molar-refractivity contribution in [1.82, 2.24) is 4.98 Å². The van der Waals surface area contributed by atoms with Gasteiger partial charge in [0.15, 0.2) is 5.78 Å². The van der Waals surface area contributed by atoms with Gasteiger partial charge in [0.05, 0.1) is 5.76 Å². The topological polar surface area (TPSA) is 50.2 Å². The van der Waals surface area contributed by atoms with Crippen LogP contribution in [0.2, 0.25) is 0 Å². The van der Waals surface area contributed by atoms with E-state index >= 15 is 0 Å². The predicted molar refractivity (Wildman–Crippen MR) is 124 cm³/mol. The molecule has 0 spiro atoms. The number of nitrogens with zero attached hydrogens (tertiary/aromatic N) is 1. The molecule has 0 aliphatic carbocycles. The van der Waals surface area contributed by atoms with Crippen LogP contribution in [0.3, 0.4) is 0 Å². The molecule has 0 amide bonds. The first-order valence-electron chi connectivity index (χ1n) is 9.75. The summed E-state index contributed by atoms with van der Waals surface area (Å²) in [5.74, 6) is -0.0625. The number of rotatable bonds is 1. The van der Waals surface area contributed by atoms with Gasteiger partial charge in [-0.15, -0.1) is 35.3 Å². The van der Waals surface area contributed by atoms with Crippen molar-refractivity contribution >= 4 is 39.1 Å². The molecule has 1 N–H and O–H groups in total. The third-order valence-electron chi connectivity index (χ3n) is 5.02. The van der Waals surface area contributed by atoms with Gasteiger partial charge in [0, 0.05) is 43.0 Å². The molecule has 31 heavy (non-hydrogen) atoms. The zero-order chi connectivity index (χ0) is 21.4. The number of ketones is 1. The number of aromatic nitrogens is 1. The smallest absolute Gasteiger partial charge is 0.155 e. The second-order valence-corrected chi connectivity index (χ2v) is 8.60. The standard InChI is InChI=1S/C21H14NS.C5H8O2.Ir/c1-12-7-8-17-20-19(12)13(2)11-22-21(20)16-9-14-5-3-4-6-15(14)10-18(16)23-17;1-4(6)3-5(2)7;/h3-8,10-11H,1-2H3;3,6H,1-2H3;/q-1;;/b;4-3-;. The molecule has 0 saturated carbocycles. The van der Waals surface area contributed by atoms with Gasteiger partial charge in [0.1, 0.15) is 0 Å². The molecule has 5 rings (SSSR count). The summed E-state index contributed by atoms with van der Waals surface area (Å²) in [5.41, 5.74) is 4.77. The van der Waals surface area contributed by atoms with E-state index in [0.717, 1.165) is 16.6 Å². The first-order chi connectivity index (χ1) is 14.3. The normalized spacial score (nSPS) is 11.9. The maximum Gasteiger partial charge on any atom is 0.155 e. The summed E-state index contributed by atoms with van der Waals surface area (Å²) in [6, 6.07) is 18.7. The number of aliphatic hydroxyl groups is 1. The fourth-order valence-corrected chi connectivity index (χ4v) is 4.92. The van der Waals surface area contributed by atoms with Crippen LogP contribution in [0.15, 0.2) is 70.3 Å². The largest absolute Gasteiger partial charge is 0.512 e. The minimum Gasteiger partial charge on any atom is -0.512 e. The second-order valence-electron chi connectivity index (χ2n) is 7.51. The van der Waals surface area contributed by atoms with E-state index in [4.69, 9.17) is 10.1 Å². The Labute approximate surface area is 199 Å². The van der Waals surface area contributed by atoms with E-state index in [9.17, 15) is 4.79 Å². The van der Waals surface area contributed by atoms with Crippen LogP contribution in [0.25, 0.3) is 32.8 Å². The van der Waals surface area contributed by atoms with Crippen LogP contribution in [-0.2, 0) is 24.9 Å². The number of hydrogen-bond donors (Lipinski definition) is 1. The van der Waals surface area contributed by atoms with E-state index in [-0.39, 0.29) is 31.6 Å². The summed E-state index contributed by atoms with van der Waals surface area (Å²) in [5, 5.41) is 13.4. The molecule has 0 atom stereocenters. The number of carbonyl (C=O) groups is 1. The predicted octanol–water partition coefficient (Wildman–Crippen LogP) is 6.97. The van der Waals surface area contributed by atoms with Gasteiger partial charge in [0.2, 0.25) is 0 Å². The van der Waals surface area contributed by atoms with E-state index in [1.54, 1.807) is 0 Å². The minimum atomic E-state index is -0.125. The number of fused-ring (bicyclic) bond motifs is 3. The number of aryl methyl sites for hydroxylation is 2. The Morgan fingerprint density at radius 3 is 2.45 bits per heavy atom. The maximum atomic E-state index is 10.0. The number of hydrogen-bond acceptors (Lipinski definition) is 4. The Hall–Kier alpha value is -2.46. The summed E-state index contributed by atoms with van der Waals surface area (Å²) in [6.07, 6.45) is 3.16. The quantitative estimate of drug-likeness (QED) is 0.128. The summed E-state index contributed by atoms with van der Waals surface area (Å²) in [6.45, 7) is 7.18. The maximum absolute atomic E-state index is 10.0. The van der Waals surface area contributed by atoms with Crippen LogP contribution in [0.5, 0.6) is 0 Å². The zero-order valence-electron chi connectivity index (χ0n) is 17.7. The minimum absolute atomic E-state index is 0. The molecule has 159 valence electrons. The molecule has 4 aromatic rings. The Morgan fingerprint density at radius 2 is 1.77 bits per heavy atom. The molecule has 0 saturated heterocycles. The van der Waals surface area contributed by atoms with Gasteiger partial charge in [-0.25, -0.2) is 0 Å². The zero-order valence-corrected chi connectivity index (χ0v) is 21.0. The van der Waals surface area contributed by atoms with E-state index in [1.807, 2.05) is 18.0 Å². The third-order valence-corrected chi connectivity index (χ3v) is 6.12. The number of carbonyl (C=O) groups excluding carboxylic acids is 1. The van der Waals surface area contributed by atoms with E-state index in [1.165, 1.54) is 57.0 Å². The average molecular weight is 605 g/mol. The SMILES string of the molecule is CC(=O)/C=C(/C)O.Cc1ccc2c3c(ncc(C)c13)-c1[c-]c3ccccc3cc1S2.[Ir]. The first kappa shape index (κ1) is 23.2. The van der Waals surface area contributed by atoms with Crippen LogP contribution in [0.4, 0.5) is 0 Å². The molecule has 1 aliphatic heterocycles. The average Bonchev–Trinajstić information content (AvgIpc) is 2.69. The van der Waals surface area contributed by atoms with E-state index < -0.39 is 0 Å². The first-order valence-corrected chi connectivity index (χ1v) is 10.6. The van der Waals surface area contributed by atoms with Gasteiger partial charge in [-0.1, -0.05) is 35.2 Å². The van der Waals surface area contributed by atoms with Crippen molar-refractivity contribution in [1.29, 1.82) is 0 Å². The number of aliphatic hydroxyl groups excluding tert-OH is 1. The molecule has 0 bridgehead atoms. The molecular formula is C26H22IrNO2S-. The Kier molecular flexibility index (Phi) is 7.00. The van der Waals surface area contributed by atoms with Crippen LogP contribution in [-0.4, -0.2) is 15.9 Å². The molecule has 5 heteroatoms. The fraction of sp³-hybridized carbons (Fsp3) is 0.154. The van der Waals surface area contributed by atoms with Gasteiger partial charge in [0.25, 0.3) is 0 Å². The molecule has 1 aliphatic rings. The molecule has 3 aromatic carbocycles. The van der Waals surface area contributed by atoms with Crippen molar-refractivity contribution in [3.63, 3.8) is 0 Å². The van der Waals surface area contributed by atoms with Crippen LogP contribution >= 0.6 is 11.8 Å². The van der Waals surface area contributed by atoms with E-state index in [0.29, 0.717) is 0 Å². The van der Waals surface area contributed by atoms with Crippen molar-refractivity contribution in [2.45, 2.75) is 37.5 Å². The van der Waals surface area contributed by atoms with Crippen molar-refractivity contribution in [3.8, 4) is 11.3 Å². The van der Waals surface area contributed by atoms with Crippen molar-refractivity contribution in [2.75, 3.05) is 0 Å².